The predicted octanol–water partition coefficient (Wildman–Crippen LogP) is -0.798. The highest BCUT2D eigenvalue weighted by atomic mass is 16.3. The van der Waals surface area contributed by atoms with Crippen molar-refractivity contribution in [3.05, 3.63) is 71.9 Å². The van der Waals surface area contributed by atoms with Crippen LogP contribution in [0.4, 0.5) is 0 Å². The zero-order valence-electron chi connectivity index (χ0n) is 14.8. The number of aromatic nitrogens is 5. The third kappa shape index (κ3) is 2.28. The standard InChI is InChI=1S/C18H15N5O4/c1-9-11(8-12-16(25)21(2)18(27)22(3)17(12)26)14-19-15(24)10-6-4-5-7-13(10)23(14)20-9/h4-8,25H,1-3H3/b11-8-. The number of aromatic hydroxyl groups is 1. The molecule has 0 aliphatic carbocycles. The monoisotopic (exact) mass is 365 g/mol. The van der Waals surface area contributed by atoms with Gasteiger partial charge >= 0.3 is 5.69 Å². The average molecular weight is 365 g/mol. The van der Waals surface area contributed by atoms with Gasteiger partial charge in [0, 0.05) is 19.3 Å². The Morgan fingerprint density at radius 2 is 1.78 bits per heavy atom. The molecule has 136 valence electrons. The molecule has 3 heterocycles. The summed E-state index contributed by atoms with van der Waals surface area (Å²) < 4.78 is 3.39. The zero-order valence-corrected chi connectivity index (χ0v) is 14.8. The van der Waals surface area contributed by atoms with Crippen LogP contribution < -0.4 is 22.0 Å². The molecule has 0 atom stereocenters. The molecule has 3 aromatic heterocycles. The SMILES string of the molecule is Cc1nn2c(nc(=O)c3ccccc32)/c1=C\c1c(O)n(C)c(=O)n(C)c1=O. The Morgan fingerprint density at radius 1 is 1.07 bits per heavy atom. The number of nitrogens with zero attached hydrogens (tertiary/aromatic N) is 5. The van der Waals surface area contributed by atoms with Gasteiger partial charge in [-0.3, -0.25) is 18.7 Å². The first-order chi connectivity index (χ1) is 12.8. The Labute approximate surface area is 151 Å². The van der Waals surface area contributed by atoms with E-state index in [0.717, 1.165) is 9.13 Å². The van der Waals surface area contributed by atoms with Crippen LogP contribution in [0.5, 0.6) is 5.88 Å². The average Bonchev–Trinajstić information content (AvgIpc) is 2.98. The van der Waals surface area contributed by atoms with Crippen molar-refractivity contribution in [3.63, 3.8) is 0 Å². The van der Waals surface area contributed by atoms with Crippen LogP contribution in [0.25, 0.3) is 22.6 Å². The summed E-state index contributed by atoms with van der Waals surface area (Å²) in [7, 11) is 2.69. The molecule has 4 aromatic rings. The summed E-state index contributed by atoms with van der Waals surface area (Å²) in [6, 6.07) is 6.95. The lowest BCUT2D eigenvalue weighted by Gasteiger charge is -2.07. The van der Waals surface area contributed by atoms with Gasteiger partial charge in [0.2, 0.25) is 5.88 Å². The normalized spacial score (nSPS) is 12.3. The van der Waals surface area contributed by atoms with Crippen molar-refractivity contribution in [3.8, 4) is 5.88 Å². The molecule has 0 aliphatic heterocycles. The quantitative estimate of drug-likeness (QED) is 0.473. The lowest BCUT2D eigenvalue weighted by atomic mass is 10.2. The fourth-order valence-corrected chi connectivity index (χ4v) is 3.10. The second-order valence-electron chi connectivity index (χ2n) is 6.26. The van der Waals surface area contributed by atoms with E-state index in [0.29, 0.717) is 21.8 Å². The number of aryl methyl sites for hydroxylation is 1. The molecule has 0 amide bonds. The Kier molecular flexibility index (Phi) is 3.48. The highest BCUT2D eigenvalue weighted by Gasteiger charge is 2.15. The molecule has 0 aliphatic rings. The minimum atomic E-state index is -0.655. The van der Waals surface area contributed by atoms with Crippen molar-refractivity contribution in [1.29, 1.82) is 0 Å². The van der Waals surface area contributed by atoms with Crippen LogP contribution in [-0.4, -0.2) is 28.8 Å². The Hall–Kier alpha value is -3.75. The topological polar surface area (TPSA) is 111 Å². The maximum absolute atomic E-state index is 12.5. The van der Waals surface area contributed by atoms with Gasteiger partial charge in [0.15, 0.2) is 5.65 Å². The van der Waals surface area contributed by atoms with Crippen LogP contribution in [0.2, 0.25) is 0 Å². The van der Waals surface area contributed by atoms with E-state index in [1.807, 2.05) is 0 Å². The highest BCUT2D eigenvalue weighted by Crippen LogP contribution is 2.12. The van der Waals surface area contributed by atoms with E-state index in [2.05, 4.69) is 10.1 Å². The van der Waals surface area contributed by atoms with Crippen molar-refractivity contribution >= 4 is 22.6 Å². The molecule has 0 radical (unpaired) electrons. The van der Waals surface area contributed by atoms with Gasteiger partial charge in [-0.05, 0) is 25.1 Å². The van der Waals surface area contributed by atoms with Crippen molar-refractivity contribution in [1.82, 2.24) is 23.7 Å². The summed E-state index contributed by atoms with van der Waals surface area (Å²) in [6.45, 7) is 1.71. The summed E-state index contributed by atoms with van der Waals surface area (Å²) >= 11 is 0. The van der Waals surface area contributed by atoms with Crippen LogP contribution in [-0.2, 0) is 14.1 Å². The van der Waals surface area contributed by atoms with Crippen LogP contribution in [0.1, 0.15) is 11.3 Å². The molecule has 0 fully saturated rings. The van der Waals surface area contributed by atoms with E-state index in [1.165, 1.54) is 24.7 Å². The molecule has 9 heteroatoms. The largest absolute Gasteiger partial charge is 0.494 e. The fraction of sp³-hybridized carbons (Fsp3) is 0.167. The molecular weight excluding hydrogens is 350 g/mol. The number of rotatable bonds is 1. The van der Waals surface area contributed by atoms with Crippen LogP contribution >= 0.6 is 0 Å². The van der Waals surface area contributed by atoms with Crippen molar-refractivity contribution in [2.45, 2.75) is 6.92 Å². The first-order valence-electron chi connectivity index (χ1n) is 8.10. The second kappa shape index (κ2) is 5.63. The van der Waals surface area contributed by atoms with Gasteiger partial charge < -0.3 is 5.11 Å². The molecule has 0 bridgehead atoms. The van der Waals surface area contributed by atoms with Gasteiger partial charge in [-0.2, -0.15) is 10.1 Å². The van der Waals surface area contributed by atoms with Crippen molar-refractivity contribution < 1.29 is 5.11 Å². The number of hydrogen-bond acceptors (Lipinski definition) is 6. The Balaban J connectivity index is 2.19. The lowest BCUT2D eigenvalue weighted by molar-refractivity contribution is 0.410. The van der Waals surface area contributed by atoms with E-state index >= 15 is 0 Å². The Morgan fingerprint density at radius 3 is 2.52 bits per heavy atom. The molecule has 9 nitrogen and oxygen atoms in total. The van der Waals surface area contributed by atoms with E-state index in [4.69, 9.17) is 0 Å². The number of benzene rings is 1. The number of fused-ring (bicyclic) bond motifs is 3. The third-order valence-electron chi connectivity index (χ3n) is 4.61. The minimum Gasteiger partial charge on any atom is -0.494 e. The van der Waals surface area contributed by atoms with E-state index in [9.17, 15) is 19.5 Å². The summed E-state index contributed by atoms with van der Waals surface area (Å²) in [6.07, 6.45) is 1.40. The summed E-state index contributed by atoms with van der Waals surface area (Å²) in [5.74, 6) is -0.468. The van der Waals surface area contributed by atoms with Crippen molar-refractivity contribution in [2.75, 3.05) is 0 Å². The van der Waals surface area contributed by atoms with Gasteiger partial charge in [-0.25, -0.2) is 9.31 Å². The Bertz CT molecular complexity index is 1480. The van der Waals surface area contributed by atoms with Gasteiger partial charge in [0.05, 0.1) is 16.6 Å². The molecule has 0 saturated heterocycles. The van der Waals surface area contributed by atoms with E-state index in [1.54, 1.807) is 31.2 Å². The van der Waals surface area contributed by atoms with Gasteiger partial charge in [-0.15, -0.1) is 0 Å². The fourth-order valence-electron chi connectivity index (χ4n) is 3.10. The number of para-hydroxylation sites is 1. The highest BCUT2D eigenvalue weighted by molar-refractivity contribution is 5.80. The smallest absolute Gasteiger partial charge is 0.333 e. The molecule has 0 saturated carbocycles. The summed E-state index contributed by atoms with van der Waals surface area (Å²) in [4.78, 5) is 40.8. The van der Waals surface area contributed by atoms with Crippen LogP contribution in [0.3, 0.4) is 0 Å². The number of hydrogen-bond donors (Lipinski definition) is 1. The van der Waals surface area contributed by atoms with Crippen LogP contribution in [0.15, 0.2) is 38.6 Å². The van der Waals surface area contributed by atoms with E-state index < -0.39 is 22.7 Å². The summed E-state index contributed by atoms with van der Waals surface area (Å²) in [5, 5.41) is 15.6. The van der Waals surface area contributed by atoms with E-state index in [-0.39, 0.29) is 11.2 Å². The molecule has 1 N–H and O–H groups in total. The first kappa shape index (κ1) is 16.7. The molecule has 4 rings (SSSR count). The van der Waals surface area contributed by atoms with Crippen molar-refractivity contribution in [2.24, 2.45) is 14.1 Å². The molecule has 0 spiro atoms. The van der Waals surface area contributed by atoms with Gasteiger partial charge in [0.1, 0.15) is 5.56 Å². The van der Waals surface area contributed by atoms with Gasteiger partial charge in [0.25, 0.3) is 11.1 Å². The molecular formula is C18H15N5O4. The predicted molar refractivity (Wildman–Crippen MR) is 98.9 cm³/mol. The third-order valence-corrected chi connectivity index (χ3v) is 4.61. The zero-order chi connectivity index (χ0) is 19.5. The second-order valence-corrected chi connectivity index (χ2v) is 6.26. The molecule has 27 heavy (non-hydrogen) atoms. The maximum Gasteiger partial charge on any atom is 0.333 e. The van der Waals surface area contributed by atoms with Crippen LogP contribution in [0, 0.1) is 6.92 Å². The maximum atomic E-state index is 12.5. The molecule has 0 unspecified atom stereocenters. The minimum absolute atomic E-state index is 0.0833. The summed E-state index contributed by atoms with van der Waals surface area (Å²) in [5.41, 5.74) is -0.409. The lowest BCUT2D eigenvalue weighted by Crippen LogP contribution is -2.38. The first-order valence-corrected chi connectivity index (χ1v) is 8.10. The molecule has 1 aromatic carbocycles. The van der Waals surface area contributed by atoms with Gasteiger partial charge in [-0.1, -0.05) is 12.1 Å².